The van der Waals surface area contributed by atoms with Crippen LogP contribution in [0.4, 0.5) is 26.2 Å². The van der Waals surface area contributed by atoms with Gasteiger partial charge in [0.2, 0.25) is 5.91 Å². The molecule has 0 radical (unpaired) electrons. The first-order chi connectivity index (χ1) is 17.8. The number of benzene rings is 3. The molecule has 0 saturated heterocycles. The minimum Gasteiger partial charge on any atom is -0.505 e. The molecule has 0 fully saturated rings. The van der Waals surface area contributed by atoms with Gasteiger partial charge < -0.3 is 25.6 Å². The molecule has 3 rings (SSSR count). The number of nitrogens with one attached hydrogen (secondary N) is 2. The average molecular weight is 572 g/mol. The maximum atomic E-state index is 14.1. The van der Waals surface area contributed by atoms with Crippen LogP contribution in [0.15, 0.2) is 83.4 Å². The largest absolute Gasteiger partial charge is 0.505 e. The number of para-hydroxylation sites is 2. The number of allylic oxidation sites excluding steroid dienone is 1. The van der Waals surface area contributed by atoms with E-state index >= 15 is 0 Å². The predicted octanol–water partition coefficient (Wildman–Crippen LogP) is 6.16. The number of ether oxygens (including phenoxy) is 2. The number of amides is 2. The van der Waals surface area contributed by atoms with Crippen molar-refractivity contribution in [2.75, 3.05) is 23.5 Å². The fourth-order valence-corrected chi connectivity index (χ4v) is 3.75. The number of phenolic OH excluding ortho intramolecular Hbond substituents is 1. The Kier molecular flexibility index (Phi) is 10.0. The zero-order valence-corrected chi connectivity index (χ0v) is 21.6. The summed E-state index contributed by atoms with van der Waals surface area (Å²) in [5.74, 6) is -1.73. The molecule has 3 aromatic carbocycles. The van der Waals surface area contributed by atoms with Crippen LogP contribution >= 0.6 is 15.9 Å². The topological polar surface area (TPSA) is 123 Å². The van der Waals surface area contributed by atoms with E-state index in [2.05, 4.69) is 26.6 Å². The fourth-order valence-electron chi connectivity index (χ4n) is 3.48. The molecule has 0 aromatic heterocycles. The normalized spacial score (nSPS) is 12.6. The van der Waals surface area contributed by atoms with Crippen molar-refractivity contribution in [1.29, 1.82) is 0 Å². The van der Waals surface area contributed by atoms with Gasteiger partial charge in [-0.1, -0.05) is 40.2 Å². The molecule has 0 heterocycles. The highest BCUT2D eigenvalue weighted by atomic mass is 79.9. The van der Waals surface area contributed by atoms with E-state index < -0.39 is 29.9 Å². The Labute approximate surface area is 222 Å². The molecule has 194 valence electrons. The molecule has 0 unspecified atom stereocenters. The summed E-state index contributed by atoms with van der Waals surface area (Å²) in [5.41, 5.74) is 7.60. The van der Waals surface area contributed by atoms with Crippen molar-refractivity contribution in [3.63, 3.8) is 0 Å². The standard InChI is InChI=1S/C27H27BrFN3O5/c1-36-24(8-4-5-9-25(34)32-22-7-3-2-6-21(22)30)26(17-10-15-23(33)20(29)16-17)37-27(35)31-19-13-11-18(28)12-14-19/h2-3,5-7,9-16,24,26,33H,4,8,30H2,1H3,(H,31,35)(H,32,34)/b9-5+/t24-,26-/m1/s1. The lowest BCUT2D eigenvalue weighted by molar-refractivity contribution is -0.111. The first-order valence-electron chi connectivity index (χ1n) is 11.3. The summed E-state index contributed by atoms with van der Waals surface area (Å²) in [7, 11) is 1.44. The fraction of sp³-hybridized carbons (Fsp3) is 0.185. The number of carbonyl (C=O) groups excluding carboxylic acids is 2. The third kappa shape index (κ3) is 8.33. The Hall–Kier alpha value is -3.89. The molecule has 0 saturated carbocycles. The van der Waals surface area contributed by atoms with Gasteiger partial charge in [-0.25, -0.2) is 9.18 Å². The van der Waals surface area contributed by atoms with E-state index in [1.165, 1.54) is 25.3 Å². The van der Waals surface area contributed by atoms with Crippen LogP contribution in [0.1, 0.15) is 24.5 Å². The van der Waals surface area contributed by atoms with Gasteiger partial charge in [0, 0.05) is 17.3 Å². The van der Waals surface area contributed by atoms with Crippen molar-refractivity contribution in [3.8, 4) is 5.75 Å². The highest BCUT2D eigenvalue weighted by molar-refractivity contribution is 9.10. The van der Waals surface area contributed by atoms with Gasteiger partial charge in [-0.05, 0) is 73.0 Å². The third-order valence-corrected chi connectivity index (χ3v) is 5.90. The number of methoxy groups -OCH3 is 1. The van der Waals surface area contributed by atoms with Crippen LogP contribution in [0, 0.1) is 5.82 Å². The SMILES string of the molecule is CO[C@H](CC/C=C/C(=O)Nc1ccccc1N)[C@H](OC(=O)Nc1ccc(Br)cc1)c1ccc(O)c(F)c1. The molecule has 0 aliphatic carbocycles. The van der Waals surface area contributed by atoms with Crippen molar-refractivity contribution in [3.05, 3.63) is 94.7 Å². The Morgan fingerprint density at radius 1 is 1.11 bits per heavy atom. The van der Waals surface area contributed by atoms with Gasteiger partial charge in [-0.2, -0.15) is 0 Å². The summed E-state index contributed by atoms with van der Waals surface area (Å²) in [6.07, 6.45) is 1.31. The van der Waals surface area contributed by atoms with E-state index in [1.54, 1.807) is 54.6 Å². The summed E-state index contributed by atoms with van der Waals surface area (Å²) in [6.45, 7) is 0. The molecule has 0 bridgehead atoms. The van der Waals surface area contributed by atoms with E-state index in [-0.39, 0.29) is 5.91 Å². The Balaban J connectivity index is 1.68. The molecule has 3 aromatic rings. The highest BCUT2D eigenvalue weighted by Gasteiger charge is 2.28. The molecule has 8 nitrogen and oxygen atoms in total. The summed E-state index contributed by atoms with van der Waals surface area (Å²) >= 11 is 3.33. The second-order valence-corrected chi connectivity index (χ2v) is 8.91. The number of nitrogens with two attached hydrogens (primary N) is 1. The Morgan fingerprint density at radius 3 is 2.51 bits per heavy atom. The van der Waals surface area contributed by atoms with E-state index in [9.17, 15) is 19.1 Å². The van der Waals surface area contributed by atoms with Crippen molar-refractivity contribution in [2.45, 2.75) is 25.0 Å². The first kappa shape index (κ1) is 27.7. The van der Waals surface area contributed by atoms with E-state index in [4.69, 9.17) is 15.2 Å². The molecule has 2 amide bonds. The van der Waals surface area contributed by atoms with Crippen LogP contribution in [-0.2, 0) is 14.3 Å². The molecule has 0 aliphatic heterocycles. The molecular weight excluding hydrogens is 545 g/mol. The predicted molar refractivity (Wildman–Crippen MR) is 144 cm³/mol. The number of hydrogen-bond acceptors (Lipinski definition) is 6. The van der Waals surface area contributed by atoms with E-state index in [0.29, 0.717) is 35.5 Å². The van der Waals surface area contributed by atoms with Crippen LogP contribution in [0.25, 0.3) is 0 Å². The van der Waals surface area contributed by atoms with Crippen LogP contribution in [0.3, 0.4) is 0 Å². The molecule has 0 aliphatic rings. The van der Waals surface area contributed by atoms with Crippen LogP contribution < -0.4 is 16.4 Å². The quantitative estimate of drug-likeness (QED) is 0.171. The number of rotatable bonds is 10. The lowest BCUT2D eigenvalue weighted by Gasteiger charge is -2.26. The smallest absolute Gasteiger partial charge is 0.412 e. The summed E-state index contributed by atoms with van der Waals surface area (Å²) in [6, 6.07) is 17.5. The number of anilines is 3. The Morgan fingerprint density at radius 2 is 1.84 bits per heavy atom. The van der Waals surface area contributed by atoms with Crippen LogP contribution in [-0.4, -0.2) is 30.3 Å². The molecule has 10 heteroatoms. The van der Waals surface area contributed by atoms with Crippen molar-refractivity contribution < 1.29 is 28.6 Å². The number of carbonyl (C=O) groups is 2. The average Bonchev–Trinajstić information content (AvgIpc) is 2.87. The third-order valence-electron chi connectivity index (χ3n) is 5.37. The zero-order chi connectivity index (χ0) is 26.8. The lowest BCUT2D eigenvalue weighted by atomic mass is 10.00. The van der Waals surface area contributed by atoms with Gasteiger partial charge in [0.25, 0.3) is 0 Å². The van der Waals surface area contributed by atoms with Gasteiger partial charge >= 0.3 is 6.09 Å². The molecule has 0 spiro atoms. The van der Waals surface area contributed by atoms with Crippen LogP contribution in [0.5, 0.6) is 5.75 Å². The van der Waals surface area contributed by atoms with Gasteiger partial charge in [0.1, 0.15) is 0 Å². The van der Waals surface area contributed by atoms with Crippen molar-refractivity contribution in [2.24, 2.45) is 0 Å². The monoisotopic (exact) mass is 571 g/mol. The number of hydrogen-bond donors (Lipinski definition) is 4. The van der Waals surface area contributed by atoms with E-state index in [1.807, 2.05) is 0 Å². The number of halogens is 2. The molecule has 2 atom stereocenters. The minimum atomic E-state index is -0.998. The second kappa shape index (κ2) is 13.4. The number of nitrogen functional groups attached to an aromatic ring is 1. The van der Waals surface area contributed by atoms with Gasteiger partial charge in [-0.15, -0.1) is 0 Å². The minimum absolute atomic E-state index is 0.300. The molecule has 37 heavy (non-hydrogen) atoms. The first-order valence-corrected chi connectivity index (χ1v) is 12.1. The van der Waals surface area contributed by atoms with Gasteiger partial charge in [0.15, 0.2) is 17.7 Å². The molecular formula is C27H27BrFN3O5. The van der Waals surface area contributed by atoms with Crippen molar-refractivity contribution in [1.82, 2.24) is 0 Å². The summed E-state index contributed by atoms with van der Waals surface area (Å²) in [5, 5.41) is 14.9. The van der Waals surface area contributed by atoms with Gasteiger partial charge in [-0.3, -0.25) is 10.1 Å². The maximum Gasteiger partial charge on any atom is 0.412 e. The van der Waals surface area contributed by atoms with E-state index in [0.717, 1.165) is 10.5 Å². The zero-order valence-electron chi connectivity index (χ0n) is 20.0. The number of aromatic hydroxyl groups is 1. The number of phenols is 1. The van der Waals surface area contributed by atoms with Crippen LogP contribution in [0.2, 0.25) is 0 Å². The maximum absolute atomic E-state index is 14.1. The summed E-state index contributed by atoms with van der Waals surface area (Å²) < 4.78 is 26.2. The lowest BCUT2D eigenvalue weighted by Crippen LogP contribution is -2.28. The molecule has 5 N–H and O–H groups in total. The highest BCUT2D eigenvalue weighted by Crippen LogP contribution is 2.30. The second-order valence-electron chi connectivity index (χ2n) is 8.00. The summed E-state index contributed by atoms with van der Waals surface area (Å²) in [4.78, 5) is 24.9. The van der Waals surface area contributed by atoms with Crippen molar-refractivity contribution >= 4 is 45.0 Å². The Bertz CT molecular complexity index is 1250. The van der Waals surface area contributed by atoms with Gasteiger partial charge in [0.05, 0.1) is 17.5 Å².